The molecule has 0 bridgehead atoms. The molecule has 0 aromatic heterocycles. The van der Waals surface area contributed by atoms with Gasteiger partial charge in [-0.1, -0.05) is 30.7 Å². The van der Waals surface area contributed by atoms with Crippen LogP contribution in [0.2, 0.25) is 5.02 Å². The molecule has 3 heterocycles. The highest BCUT2D eigenvalue weighted by molar-refractivity contribution is 7.98. The van der Waals surface area contributed by atoms with Crippen LogP contribution in [-0.4, -0.2) is 81.1 Å². The third kappa shape index (κ3) is 5.93. The Morgan fingerprint density at radius 3 is 2.47 bits per heavy atom. The fraction of sp³-hybridized carbons (Fsp3) is 0.410. The molecule has 12 nitrogen and oxygen atoms in total. The minimum Gasteiger partial charge on any atom is -0.507 e. The molecule has 0 saturated heterocycles. The number of hydrogen-bond donors (Lipinski definition) is 2. The fourth-order valence-corrected chi connectivity index (χ4v) is 8.67. The molecule has 1 spiro atoms. The summed E-state index contributed by atoms with van der Waals surface area (Å²) in [7, 11) is 6.46. The molecule has 53 heavy (non-hydrogen) atoms. The quantitative estimate of drug-likeness (QED) is 0.233. The highest BCUT2D eigenvalue weighted by Crippen LogP contribution is 2.56. The summed E-state index contributed by atoms with van der Waals surface area (Å²) >= 11 is 8.20. The van der Waals surface area contributed by atoms with Gasteiger partial charge in [-0.25, -0.2) is 0 Å². The number of likely N-dealkylation sites (N-methyl/N-ethyl adjacent to an activating group) is 1. The zero-order chi connectivity index (χ0) is 37.8. The van der Waals surface area contributed by atoms with Crippen molar-refractivity contribution in [3.8, 4) is 34.5 Å². The summed E-state index contributed by atoms with van der Waals surface area (Å²) in [5.74, 6) is -1.62. The van der Waals surface area contributed by atoms with Crippen LogP contribution in [0.3, 0.4) is 0 Å². The summed E-state index contributed by atoms with van der Waals surface area (Å²) in [4.78, 5) is 45.7. The number of allylic oxidation sites excluding steroid dienone is 1. The van der Waals surface area contributed by atoms with Crippen molar-refractivity contribution in [2.75, 3.05) is 48.0 Å². The molecule has 2 N–H and O–H groups in total. The van der Waals surface area contributed by atoms with Gasteiger partial charge in [-0.2, -0.15) is 0 Å². The second-order valence-corrected chi connectivity index (χ2v) is 14.8. The number of hydrogen-bond acceptors (Lipinski definition) is 12. The van der Waals surface area contributed by atoms with Crippen molar-refractivity contribution in [2.24, 2.45) is 5.92 Å². The predicted octanol–water partition coefficient (Wildman–Crippen LogP) is 6.03. The Labute approximate surface area is 316 Å². The van der Waals surface area contributed by atoms with Gasteiger partial charge in [0, 0.05) is 72.0 Å². The molecular formula is C39H41ClN2O10S. The number of methoxy groups -OCH3 is 3. The first kappa shape index (κ1) is 36.8. The van der Waals surface area contributed by atoms with Crippen LogP contribution in [0.1, 0.15) is 58.3 Å². The first-order chi connectivity index (χ1) is 25.5. The number of ether oxygens (including phenoxy) is 6. The summed E-state index contributed by atoms with van der Waals surface area (Å²) in [5.41, 5.74) is 1.42. The van der Waals surface area contributed by atoms with E-state index >= 15 is 0 Å². The van der Waals surface area contributed by atoms with E-state index in [0.717, 1.165) is 34.6 Å². The van der Waals surface area contributed by atoms with Crippen LogP contribution in [0.5, 0.6) is 34.5 Å². The maximum Gasteiger partial charge on any atom is 0.231 e. The lowest BCUT2D eigenvalue weighted by molar-refractivity contribution is -0.122. The van der Waals surface area contributed by atoms with Crippen LogP contribution in [0.25, 0.3) is 0 Å². The Balaban J connectivity index is 1.27. The third-order valence-corrected chi connectivity index (χ3v) is 11.8. The minimum absolute atomic E-state index is 0.00803. The summed E-state index contributed by atoms with van der Waals surface area (Å²) in [5, 5.41) is 15.3. The van der Waals surface area contributed by atoms with Crippen molar-refractivity contribution in [3.05, 3.63) is 74.5 Å². The zero-order valence-corrected chi connectivity index (χ0v) is 31.9. The topological polar surface area (TPSA) is 142 Å². The molecule has 3 aromatic rings. The molecule has 3 atom stereocenters. The van der Waals surface area contributed by atoms with Crippen LogP contribution in [0.4, 0.5) is 0 Å². The molecule has 1 unspecified atom stereocenters. The number of aliphatic hydroxyl groups excluding tert-OH is 1. The normalized spacial score (nSPS) is 20.9. The highest BCUT2D eigenvalue weighted by atomic mass is 35.5. The molecule has 0 fully saturated rings. The number of halogens is 1. The van der Waals surface area contributed by atoms with Gasteiger partial charge in [-0.05, 0) is 43.0 Å². The number of ketones is 2. The number of rotatable bonds is 10. The Hall–Kier alpha value is -4.59. The number of nitrogens with zero attached hydrogens (tertiary/aromatic N) is 1. The van der Waals surface area contributed by atoms with Crippen molar-refractivity contribution in [1.29, 1.82) is 0 Å². The zero-order valence-electron chi connectivity index (χ0n) is 30.3. The standard InChI is InChI=1S/C39H41ClN2O10S/c1-19-13-26(43)30(37(45)39(19)38(46)31-27(47-3)15-28(48-4)32(40)35(31)52-39)23(20-7-9-21(53-6)10-8-20)14-29(44)41-16-24-22-11-12-42(2)17-25(22)33(49-5)36-34(24)50-18-51-36/h7-10,15,19,23,45H,11-14,16-18H2,1-6H3,(H,41,44)/t19-,23?,39+/m1/s1. The summed E-state index contributed by atoms with van der Waals surface area (Å²) in [6.07, 6.45) is 2.32. The minimum atomic E-state index is -1.99. The number of amides is 1. The summed E-state index contributed by atoms with van der Waals surface area (Å²) in [6, 6.07) is 8.91. The number of benzene rings is 3. The lowest BCUT2D eigenvalue weighted by atomic mass is 9.69. The molecule has 280 valence electrons. The number of Topliss-reactive ketones (excluding diaryl/α,β-unsaturated/α-hetero) is 2. The van der Waals surface area contributed by atoms with Gasteiger partial charge in [0.05, 0.1) is 21.3 Å². The monoisotopic (exact) mass is 764 g/mol. The second-order valence-electron chi connectivity index (χ2n) is 13.6. The maximum absolute atomic E-state index is 14.5. The largest absolute Gasteiger partial charge is 0.507 e. The first-order valence-corrected chi connectivity index (χ1v) is 18.8. The molecule has 1 amide bonds. The van der Waals surface area contributed by atoms with Crippen LogP contribution < -0.4 is 33.7 Å². The number of nitrogens with one attached hydrogen (secondary N) is 1. The van der Waals surface area contributed by atoms with Gasteiger partial charge in [0.25, 0.3) is 0 Å². The van der Waals surface area contributed by atoms with Crippen molar-refractivity contribution in [2.45, 2.75) is 55.7 Å². The predicted molar refractivity (Wildman–Crippen MR) is 197 cm³/mol. The molecule has 1 aliphatic carbocycles. The Kier molecular flexibility index (Phi) is 9.94. The smallest absolute Gasteiger partial charge is 0.231 e. The van der Waals surface area contributed by atoms with Crippen molar-refractivity contribution < 1.29 is 47.9 Å². The Morgan fingerprint density at radius 1 is 1.08 bits per heavy atom. The molecule has 14 heteroatoms. The number of aliphatic hydroxyl groups is 1. The average Bonchev–Trinajstić information content (AvgIpc) is 3.76. The van der Waals surface area contributed by atoms with E-state index in [2.05, 4.69) is 10.2 Å². The van der Waals surface area contributed by atoms with E-state index in [1.165, 1.54) is 20.3 Å². The molecular weight excluding hydrogens is 724 g/mol. The van der Waals surface area contributed by atoms with Gasteiger partial charge >= 0.3 is 0 Å². The van der Waals surface area contributed by atoms with Gasteiger partial charge in [-0.15, -0.1) is 11.8 Å². The second kappa shape index (κ2) is 14.3. The third-order valence-electron chi connectivity index (χ3n) is 10.7. The summed E-state index contributed by atoms with van der Waals surface area (Å²) in [6.45, 7) is 3.29. The van der Waals surface area contributed by atoms with Gasteiger partial charge < -0.3 is 43.7 Å². The van der Waals surface area contributed by atoms with Crippen LogP contribution in [0.15, 0.2) is 46.6 Å². The first-order valence-electron chi connectivity index (χ1n) is 17.2. The Bertz CT molecular complexity index is 2050. The molecule has 0 radical (unpaired) electrons. The van der Waals surface area contributed by atoms with Crippen LogP contribution in [0, 0.1) is 5.92 Å². The van der Waals surface area contributed by atoms with Crippen LogP contribution >= 0.6 is 23.4 Å². The van der Waals surface area contributed by atoms with E-state index in [1.807, 2.05) is 37.6 Å². The number of carbonyl (C=O) groups excluding carboxylic acids is 3. The van der Waals surface area contributed by atoms with E-state index in [9.17, 15) is 19.5 Å². The van der Waals surface area contributed by atoms with Crippen molar-refractivity contribution >= 4 is 40.8 Å². The number of fused-ring (bicyclic) bond motifs is 3. The maximum atomic E-state index is 14.5. The highest BCUT2D eigenvalue weighted by Gasteiger charge is 2.61. The van der Waals surface area contributed by atoms with E-state index < -0.39 is 34.8 Å². The lowest BCUT2D eigenvalue weighted by Crippen LogP contribution is -2.53. The van der Waals surface area contributed by atoms with E-state index in [1.54, 1.807) is 25.8 Å². The van der Waals surface area contributed by atoms with Gasteiger partial charge in [0.2, 0.25) is 29.8 Å². The fourth-order valence-electron chi connectivity index (χ4n) is 7.99. The lowest BCUT2D eigenvalue weighted by Gasteiger charge is -2.38. The van der Waals surface area contributed by atoms with Gasteiger partial charge in [-0.3, -0.25) is 14.4 Å². The van der Waals surface area contributed by atoms with E-state index in [4.69, 9.17) is 40.0 Å². The molecule has 7 rings (SSSR count). The summed E-state index contributed by atoms with van der Waals surface area (Å²) < 4.78 is 34.8. The van der Waals surface area contributed by atoms with Gasteiger partial charge in [0.1, 0.15) is 22.1 Å². The SMILES string of the molecule is COc1cc(OC)c2c(c1Cl)O[C@]1(C2=O)C(O)=C(C(CC(=O)NCc2c3c(c(OC)c4c2OCO4)CN(C)CC3)c2ccc(SC)cc2)C(=O)C[C@H]1C. The van der Waals surface area contributed by atoms with Crippen LogP contribution in [-0.2, 0) is 29.1 Å². The van der Waals surface area contributed by atoms with Gasteiger partial charge in [0.15, 0.2) is 28.8 Å². The molecule has 3 aromatic carbocycles. The average molecular weight is 765 g/mol. The van der Waals surface area contributed by atoms with Crippen molar-refractivity contribution in [3.63, 3.8) is 0 Å². The number of carbonyl (C=O) groups is 3. The van der Waals surface area contributed by atoms with E-state index in [0.29, 0.717) is 29.4 Å². The molecule has 3 aliphatic heterocycles. The Morgan fingerprint density at radius 2 is 1.79 bits per heavy atom. The van der Waals surface area contributed by atoms with E-state index in [-0.39, 0.29) is 65.5 Å². The van der Waals surface area contributed by atoms with Crippen molar-refractivity contribution in [1.82, 2.24) is 10.2 Å². The molecule has 0 saturated carbocycles. The molecule has 4 aliphatic rings. The number of thioether (sulfide) groups is 1.